The first-order valence-corrected chi connectivity index (χ1v) is 5.70. The first-order chi connectivity index (χ1) is 8.20. The average molecular weight is 230 g/mol. The van der Waals surface area contributed by atoms with E-state index < -0.39 is 0 Å². The first kappa shape index (κ1) is 11.6. The molecule has 0 aliphatic carbocycles. The second-order valence-corrected chi connectivity index (χ2v) is 3.94. The van der Waals surface area contributed by atoms with Crippen LogP contribution in [-0.4, -0.2) is 6.61 Å². The van der Waals surface area contributed by atoms with E-state index in [1.165, 1.54) is 11.6 Å². The topological polar surface area (TPSA) is 9.23 Å². The highest BCUT2D eigenvalue weighted by atomic mass is 19.1. The van der Waals surface area contributed by atoms with Crippen LogP contribution < -0.4 is 4.74 Å². The van der Waals surface area contributed by atoms with Crippen LogP contribution in [0.4, 0.5) is 4.39 Å². The van der Waals surface area contributed by atoms with Crippen LogP contribution in [0.3, 0.4) is 0 Å². The van der Waals surface area contributed by atoms with Gasteiger partial charge >= 0.3 is 0 Å². The van der Waals surface area contributed by atoms with Crippen LogP contribution in [-0.2, 0) is 0 Å². The Bertz CT molecular complexity index is 503. The SMILES string of the molecule is CCOc1cc(-c2ccc(C)cc2)ccc1F. The lowest BCUT2D eigenvalue weighted by atomic mass is 10.0. The van der Waals surface area contributed by atoms with Gasteiger partial charge in [-0.05, 0) is 37.1 Å². The van der Waals surface area contributed by atoms with Crippen molar-refractivity contribution in [2.45, 2.75) is 13.8 Å². The highest BCUT2D eigenvalue weighted by Crippen LogP contribution is 2.26. The zero-order valence-electron chi connectivity index (χ0n) is 10.0. The summed E-state index contributed by atoms with van der Waals surface area (Å²) < 4.78 is 18.7. The van der Waals surface area contributed by atoms with Crippen molar-refractivity contribution in [2.75, 3.05) is 6.61 Å². The molecule has 88 valence electrons. The standard InChI is InChI=1S/C15H15FO/c1-3-17-15-10-13(8-9-14(15)16)12-6-4-11(2)5-7-12/h4-10H,3H2,1-2H3. The molecule has 0 saturated heterocycles. The van der Waals surface area contributed by atoms with Crippen LogP contribution in [0.1, 0.15) is 12.5 Å². The number of hydrogen-bond acceptors (Lipinski definition) is 1. The van der Waals surface area contributed by atoms with Gasteiger partial charge in [0.2, 0.25) is 0 Å². The molecule has 0 atom stereocenters. The average Bonchev–Trinajstić information content (AvgIpc) is 2.33. The van der Waals surface area contributed by atoms with Gasteiger partial charge in [-0.25, -0.2) is 4.39 Å². The Morgan fingerprint density at radius 2 is 1.65 bits per heavy atom. The van der Waals surface area contributed by atoms with Gasteiger partial charge in [0.05, 0.1) is 6.61 Å². The minimum Gasteiger partial charge on any atom is -0.491 e. The fourth-order valence-corrected chi connectivity index (χ4v) is 1.70. The summed E-state index contributed by atoms with van der Waals surface area (Å²) in [7, 11) is 0. The van der Waals surface area contributed by atoms with Gasteiger partial charge in [0.25, 0.3) is 0 Å². The summed E-state index contributed by atoms with van der Waals surface area (Å²) in [5.74, 6) is -0.00622. The third-order valence-electron chi connectivity index (χ3n) is 2.62. The van der Waals surface area contributed by atoms with Gasteiger partial charge in [-0.15, -0.1) is 0 Å². The molecule has 1 nitrogen and oxygen atoms in total. The van der Waals surface area contributed by atoms with Gasteiger partial charge in [0.1, 0.15) is 0 Å². The van der Waals surface area contributed by atoms with Crippen molar-refractivity contribution in [1.29, 1.82) is 0 Å². The second-order valence-electron chi connectivity index (χ2n) is 3.94. The van der Waals surface area contributed by atoms with Crippen molar-refractivity contribution in [3.8, 4) is 16.9 Å². The van der Waals surface area contributed by atoms with E-state index in [9.17, 15) is 4.39 Å². The molecule has 0 aliphatic heterocycles. The largest absolute Gasteiger partial charge is 0.491 e. The Labute approximate surface area is 101 Å². The normalized spacial score (nSPS) is 10.3. The maximum atomic E-state index is 13.4. The Morgan fingerprint density at radius 3 is 2.29 bits per heavy atom. The van der Waals surface area contributed by atoms with Crippen molar-refractivity contribution in [3.05, 3.63) is 53.8 Å². The number of aryl methyl sites for hydroxylation is 1. The summed E-state index contributed by atoms with van der Waals surface area (Å²) in [4.78, 5) is 0. The second kappa shape index (κ2) is 5.00. The molecular weight excluding hydrogens is 215 g/mol. The molecule has 2 aromatic rings. The van der Waals surface area contributed by atoms with Crippen LogP contribution in [0.2, 0.25) is 0 Å². The van der Waals surface area contributed by atoms with Crippen molar-refractivity contribution in [3.63, 3.8) is 0 Å². The number of ether oxygens (including phenoxy) is 1. The third kappa shape index (κ3) is 2.64. The molecule has 0 saturated carbocycles. The summed E-state index contributed by atoms with van der Waals surface area (Å²) in [5.41, 5.74) is 3.24. The maximum Gasteiger partial charge on any atom is 0.165 e. The molecule has 0 aliphatic rings. The van der Waals surface area contributed by atoms with Gasteiger partial charge in [0.15, 0.2) is 11.6 Å². The Hall–Kier alpha value is -1.83. The highest BCUT2D eigenvalue weighted by molar-refractivity contribution is 5.65. The molecule has 0 heterocycles. The lowest BCUT2D eigenvalue weighted by Gasteiger charge is -2.08. The maximum absolute atomic E-state index is 13.4. The van der Waals surface area contributed by atoms with E-state index in [4.69, 9.17) is 4.74 Å². The van der Waals surface area contributed by atoms with Gasteiger partial charge in [-0.3, -0.25) is 0 Å². The summed E-state index contributed by atoms with van der Waals surface area (Å²) in [6.45, 7) is 4.35. The first-order valence-electron chi connectivity index (χ1n) is 5.70. The Balaban J connectivity index is 2.39. The predicted octanol–water partition coefficient (Wildman–Crippen LogP) is 4.20. The van der Waals surface area contributed by atoms with E-state index in [2.05, 4.69) is 0 Å². The summed E-state index contributed by atoms with van der Waals surface area (Å²) in [6, 6.07) is 13.1. The molecule has 0 N–H and O–H groups in total. The Kier molecular flexibility index (Phi) is 3.43. The molecule has 2 heteroatoms. The minimum atomic E-state index is -0.317. The Morgan fingerprint density at radius 1 is 1.00 bits per heavy atom. The van der Waals surface area contributed by atoms with Gasteiger partial charge in [-0.2, -0.15) is 0 Å². The van der Waals surface area contributed by atoms with E-state index in [0.29, 0.717) is 12.4 Å². The molecule has 17 heavy (non-hydrogen) atoms. The molecule has 0 amide bonds. The van der Waals surface area contributed by atoms with E-state index in [0.717, 1.165) is 11.1 Å². The molecule has 0 bridgehead atoms. The van der Waals surface area contributed by atoms with Crippen molar-refractivity contribution < 1.29 is 9.13 Å². The van der Waals surface area contributed by atoms with E-state index in [1.54, 1.807) is 12.1 Å². The summed E-state index contributed by atoms with van der Waals surface area (Å²) >= 11 is 0. The molecule has 2 aromatic carbocycles. The van der Waals surface area contributed by atoms with E-state index >= 15 is 0 Å². The third-order valence-corrected chi connectivity index (χ3v) is 2.62. The molecule has 0 spiro atoms. The predicted molar refractivity (Wildman–Crippen MR) is 67.7 cm³/mol. The van der Waals surface area contributed by atoms with E-state index in [1.807, 2.05) is 38.1 Å². The summed E-state index contributed by atoms with van der Waals surface area (Å²) in [6.07, 6.45) is 0. The smallest absolute Gasteiger partial charge is 0.165 e. The van der Waals surface area contributed by atoms with Crippen molar-refractivity contribution in [1.82, 2.24) is 0 Å². The minimum absolute atomic E-state index is 0.311. The van der Waals surface area contributed by atoms with Crippen molar-refractivity contribution in [2.24, 2.45) is 0 Å². The molecule has 2 rings (SSSR count). The zero-order chi connectivity index (χ0) is 12.3. The van der Waals surface area contributed by atoms with Crippen LogP contribution in [0.25, 0.3) is 11.1 Å². The van der Waals surface area contributed by atoms with Crippen LogP contribution in [0, 0.1) is 12.7 Å². The number of rotatable bonds is 3. The quantitative estimate of drug-likeness (QED) is 0.767. The molecule has 0 fully saturated rings. The summed E-state index contributed by atoms with van der Waals surface area (Å²) in [5, 5.41) is 0. The monoisotopic (exact) mass is 230 g/mol. The lowest BCUT2D eigenvalue weighted by molar-refractivity contribution is 0.322. The van der Waals surface area contributed by atoms with Gasteiger partial charge in [-0.1, -0.05) is 35.9 Å². The molecule has 0 aromatic heterocycles. The fourth-order valence-electron chi connectivity index (χ4n) is 1.70. The highest BCUT2D eigenvalue weighted by Gasteiger charge is 2.05. The van der Waals surface area contributed by atoms with E-state index in [-0.39, 0.29) is 5.82 Å². The van der Waals surface area contributed by atoms with Gasteiger partial charge in [0, 0.05) is 0 Å². The molecule has 0 unspecified atom stereocenters. The lowest BCUT2D eigenvalue weighted by Crippen LogP contribution is -1.94. The molecular formula is C15H15FO. The number of benzene rings is 2. The van der Waals surface area contributed by atoms with Crippen LogP contribution in [0.15, 0.2) is 42.5 Å². The fraction of sp³-hybridized carbons (Fsp3) is 0.200. The van der Waals surface area contributed by atoms with Gasteiger partial charge < -0.3 is 4.74 Å². The molecule has 0 radical (unpaired) electrons. The van der Waals surface area contributed by atoms with Crippen LogP contribution >= 0.6 is 0 Å². The van der Waals surface area contributed by atoms with Crippen LogP contribution in [0.5, 0.6) is 5.75 Å². The number of halogens is 1. The van der Waals surface area contributed by atoms with Crippen molar-refractivity contribution >= 4 is 0 Å². The zero-order valence-corrected chi connectivity index (χ0v) is 10.0. The number of hydrogen-bond donors (Lipinski definition) is 0.